The van der Waals surface area contributed by atoms with Gasteiger partial charge in [0.1, 0.15) is 5.82 Å². The Balaban J connectivity index is 1.85. The van der Waals surface area contributed by atoms with Crippen molar-refractivity contribution in [3.63, 3.8) is 0 Å². The van der Waals surface area contributed by atoms with Crippen LogP contribution in [0.3, 0.4) is 0 Å². The smallest absolute Gasteiger partial charge is 0.224 e. The van der Waals surface area contributed by atoms with E-state index in [0.29, 0.717) is 11.7 Å². The predicted octanol–water partition coefficient (Wildman–Crippen LogP) is 0.856. The maximum atomic E-state index is 5.79. The molecule has 1 saturated heterocycles. The summed E-state index contributed by atoms with van der Waals surface area (Å²) in [6.45, 7) is 5.62. The number of piperidine rings is 1. The van der Waals surface area contributed by atoms with Gasteiger partial charge in [0.25, 0.3) is 0 Å². The molecule has 1 aliphatic heterocycles. The van der Waals surface area contributed by atoms with Crippen LogP contribution in [-0.4, -0.2) is 57.8 Å². The van der Waals surface area contributed by atoms with Crippen LogP contribution in [0.1, 0.15) is 19.8 Å². The first-order valence-corrected chi connectivity index (χ1v) is 7.10. The van der Waals surface area contributed by atoms with E-state index in [1.165, 1.54) is 0 Å². The van der Waals surface area contributed by atoms with Crippen LogP contribution in [-0.2, 0) is 0 Å². The average molecular weight is 275 g/mol. The van der Waals surface area contributed by atoms with Crippen molar-refractivity contribution in [3.05, 3.63) is 6.20 Å². The lowest BCUT2D eigenvalue weighted by molar-refractivity contribution is 0.220. The molecule has 3 rings (SSSR count). The van der Waals surface area contributed by atoms with Crippen molar-refractivity contribution in [1.29, 1.82) is 0 Å². The number of hydrogen-bond acceptors (Lipinski definition) is 6. The maximum Gasteiger partial charge on any atom is 0.224 e. The van der Waals surface area contributed by atoms with Gasteiger partial charge in [-0.2, -0.15) is 15.1 Å². The predicted molar refractivity (Wildman–Crippen MR) is 79.6 cm³/mol. The molecule has 0 atom stereocenters. The summed E-state index contributed by atoms with van der Waals surface area (Å²) in [4.78, 5) is 13.3. The molecule has 0 unspecified atom stereocenters. The second-order valence-electron chi connectivity index (χ2n) is 5.31. The van der Waals surface area contributed by atoms with E-state index in [4.69, 9.17) is 5.73 Å². The maximum absolute atomic E-state index is 5.79. The molecule has 2 aromatic rings. The Morgan fingerprint density at radius 2 is 2.15 bits per heavy atom. The summed E-state index contributed by atoms with van der Waals surface area (Å²) >= 11 is 0. The van der Waals surface area contributed by atoms with E-state index in [0.717, 1.165) is 43.7 Å². The van der Waals surface area contributed by atoms with Crippen molar-refractivity contribution in [2.45, 2.75) is 25.8 Å². The quantitative estimate of drug-likeness (QED) is 0.863. The highest BCUT2D eigenvalue weighted by Gasteiger charge is 2.24. The fraction of sp³-hybridized carbons (Fsp3) is 0.615. The van der Waals surface area contributed by atoms with Gasteiger partial charge in [0.15, 0.2) is 5.65 Å². The minimum absolute atomic E-state index is 0.287. The topological polar surface area (TPSA) is 87.0 Å². The molecule has 0 aliphatic carbocycles. The molecule has 7 nitrogen and oxygen atoms in total. The van der Waals surface area contributed by atoms with Crippen molar-refractivity contribution in [3.8, 4) is 0 Å². The van der Waals surface area contributed by atoms with E-state index in [-0.39, 0.29) is 5.95 Å². The summed E-state index contributed by atoms with van der Waals surface area (Å²) in [7, 11) is 2.08. The summed E-state index contributed by atoms with van der Waals surface area (Å²) < 4.78 is 0. The lowest BCUT2D eigenvalue weighted by atomic mass is 10.0. The molecular weight excluding hydrogens is 254 g/mol. The molecule has 0 amide bonds. The number of fused-ring (bicyclic) bond motifs is 1. The fourth-order valence-corrected chi connectivity index (χ4v) is 2.90. The van der Waals surface area contributed by atoms with E-state index in [9.17, 15) is 0 Å². The first-order chi connectivity index (χ1) is 9.69. The minimum Gasteiger partial charge on any atom is -0.368 e. The molecular formula is C13H21N7. The lowest BCUT2D eigenvalue weighted by Crippen LogP contribution is -2.43. The number of nitrogen functional groups attached to an aromatic ring is 1. The Morgan fingerprint density at radius 3 is 2.85 bits per heavy atom. The number of H-pyrrole nitrogens is 1. The van der Waals surface area contributed by atoms with Crippen LogP contribution in [0.4, 0.5) is 11.8 Å². The van der Waals surface area contributed by atoms with Crippen LogP contribution in [0.25, 0.3) is 11.0 Å². The van der Waals surface area contributed by atoms with E-state index in [1.54, 1.807) is 6.20 Å². The number of nitrogens with one attached hydrogen (secondary N) is 1. The van der Waals surface area contributed by atoms with Gasteiger partial charge in [0.05, 0.1) is 11.6 Å². The number of rotatable bonds is 3. The van der Waals surface area contributed by atoms with Crippen molar-refractivity contribution in [1.82, 2.24) is 25.1 Å². The Kier molecular flexibility index (Phi) is 3.43. The standard InChI is InChI=1S/C13H21N7/c1-3-20-6-4-9(5-7-20)19(2)12-10-8-15-18-11(10)16-13(14)17-12/h8-9H,3-7H2,1-2H3,(H3,14,15,16,17,18). The second kappa shape index (κ2) is 5.24. The molecule has 3 N–H and O–H groups in total. The van der Waals surface area contributed by atoms with Gasteiger partial charge in [-0.25, -0.2) is 0 Å². The number of nitrogens with two attached hydrogens (primary N) is 1. The van der Waals surface area contributed by atoms with Crippen molar-refractivity contribution >= 4 is 22.8 Å². The number of nitrogens with zero attached hydrogens (tertiary/aromatic N) is 5. The Labute approximate surface area is 118 Å². The molecule has 0 aromatic carbocycles. The molecule has 108 valence electrons. The normalized spacial score (nSPS) is 17.7. The SMILES string of the molecule is CCN1CCC(N(C)c2nc(N)nc3[nH]ncc23)CC1. The number of likely N-dealkylation sites (tertiary alicyclic amines) is 1. The summed E-state index contributed by atoms with van der Waals surface area (Å²) in [6, 6.07) is 0.491. The summed E-state index contributed by atoms with van der Waals surface area (Å²) in [5.41, 5.74) is 6.49. The molecule has 0 spiro atoms. The molecule has 1 aliphatic rings. The van der Waals surface area contributed by atoms with Gasteiger partial charge < -0.3 is 15.5 Å². The molecule has 0 saturated carbocycles. The molecule has 1 fully saturated rings. The molecule has 3 heterocycles. The van der Waals surface area contributed by atoms with Crippen LogP contribution in [0.5, 0.6) is 0 Å². The minimum atomic E-state index is 0.287. The molecule has 0 radical (unpaired) electrons. The first kappa shape index (κ1) is 13.1. The van der Waals surface area contributed by atoms with E-state index in [2.05, 4.69) is 43.9 Å². The van der Waals surface area contributed by atoms with Crippen LogP contribution in [0, 0.1) is 0 Å². The second-order valence-corrected chi connectivity index (χ2v) is 5.31. The highest BCUT2D eigenvalue weighted by Crippen LogP contribution is 2.26. The summed E-state index contributed by atoms with van der Waals surface area (Å²) in [5.74, 6) is 1.16. The van der Waals surface area contributed by atoms with Crippen molar-refractivity contribution in [2.75, 3.05) is 37.3 Å². The molecule has 7 heteroatoms. The fourth-order valence-electron chi connectivity index (χ4n) is 2.90. The van der Waals surface area contributed by atoms with Crippen LogP contribution >= 0.6 is 0 Å². The Hall–Kier alpha value is -1.89. The van der Waals surface area contributed by atoms with Gasteiger partial charge in [0.2, 0.25) is 5.95 Å². The zero-order valence-electron chi connectivity index (χ0n) is 12.0. The van der Waals surface area contributed by atoms with Gasteiger partial charge in [-0.05, 0) is 19.4 Å². The number of hydrogen-bond donors (Lipinski definition) is 2. The third-order valence-corrected chi connectivity index (χ3v) is 4.19. The molecule has 20 heavy (non-hydrogen) atoms. The zero-order chi connectivity index (χ0) is 14.1. The summed E-state index contributed by atoms with van der Waals surface area (Å²) in [6.07, 6.45) is 4.06. The van der Waals surface area contributed by atoms with E-state index < -0.39 is 0 Å². The van der Waals surface area contributed by atoms with Crippen molar-refractivity contribution < 1.29 is 0 Å². The van der Waals surface area contributed by atoms with Crippen LogP contribution in [0.15, 0.2) is 6.20 Å². The molecule has 2 aromatic heterocycles. The monoisotopic (exact) mass is 275 g/mol. The average Bonchev–Trinajstić information content (AvgIpc) is 2.94. The summed E-state index contributed by atoms with van der Waals surface area (Å²) in [5, 5.41) is 7.83. The third kappa shape index (κ3) is 2.29. The van der Waals surface area contributed by atoms with Gasteiger partial charge in [-0.15, -0.1) is 0 Å². The van der Waals surface area contributed by atoms with Gasteiger partial charge in [0, 0.05) is 26.2 Å². The number of aromatic nitrogens is 4. The van der Waals surface area contributed by atoms with Gasteiger partial charge >= 0.3 is 0 Å². The van der Waals surface area contributed by atoms with Gasteiger partial charge in [-0.3, -0.25) is 5.10 Å². The lowest BCUT2D eigenvalue weighted by Gasteiger charge is -2.37. The van der Waals surface area contributed by atoms with Crippen LogP contribution in [0.2, 0.25) is 0 Å². The van der Waals surface area contributed by atoms with Crippen LogP contribution < -0.4 is 10.6 Å². The van der Waals surface area contributed by atoms with E-state index >= 15 is 0 Å². The number of anilines is 2. The van der Waals surface area contributed by atoms with Gasteiger partial charge in [-0.1, -0.05) is 6.92 Å². The first-order valence-electron chi connectivity index (χ1n) is 7.10. The Morgan fingerprint density at radius 1 is 1.40 bits per heavy atom. The number of aromatic amines is 1. The largest absolute Gasteiger partial charge is 0.368 e. The zero-order valence-corrected chi connectivity index (χ0v) is 12.0. The molecule has 0 bridgehead atoms. The Bertz CT molecular complexity index is 585. The van der Waals surface area contributed by atoms with E-state index in [1.807, 2.05) is 0 Å². The van der Waals surface area contributed by atoms with Crippen molar-refractivity contribution in [2.24, 2.45) is 0 Å². The third-order valence-electron chi connectivity index (χ3n) is 4.19. The highest BCUT2D eigenvalue weighted by atomic mass is 15.3. The highest BCUT2D eigenvalue weighted by molar-refractivity contribution is 5.87.